The van der Waals surface area contributed by atoms with E-state index in [9.17, 15) is 0 Å². The van der Waals surface area contributed by atoms with Gasteiger partial charge in [0.25, 0.3) is 0 Å². The molecular formula is C6H16NSi2-. The van der Waals surface area contributed by atoms with Crippen molar-refractivity contribution in [3.63, 3.8) is 0 Å². The molecule has 0 aromatic carbocycles. The van der Waals surface area contributed by atoms with Gasteiger partial charge in [-0.1, -0.05) is 54.7 Å². The molecule has 1 fully saturated rings. The summed E-state index contributed by atoms with van der Waals surface area (Å²) in [5, 5.41) is 0. The smallest absolute Gasteiger partial charge is 0.0658 e. The first-order valence-electron chi connectivity index (χ1n) is 3.65. The van der Waals surface area contributed by atoms with Gasteiger partial charge < -0.3 is 4.65 Å². The van der Waals surface area contributed by atoms with Crippen LogP contribution < -0.4 is 0 Å². The predicted octanol–water partition coefficient (Wildman–Crippen LogP) is 2.78. The highest BCUT2D eigenvalue weighted by atomic mass is 28.4. The molecule has 0 N–H and O–H groups in total. The summed E-state index contributed by atoms with van der Waals surface area (Å²) in [6.45, 7) is 9.53. The molecule has 0 saturated carbocycles. The lowest BCUT2D eigenvalue weighted by atomic mass is 10.9. The first-order valence-corrected chi connectivity index (χ1v) is 9.96. The van der Waals surface area contributed by atoms with Crippen LogP contribution in [0.2, 0.25) is 38.3 Å². The lowest BCUT2D eigenvalue weighted by Gasteiger charge is -2.39. The molecule has 1 heterocycles. The van der Waals surface area contributed by atoms with Crippen LogP contribution in [0.25, 0.3) is 4.65 Å². The molecule has 1 saturated heterocycles. The van der Waals surface area contributed by atoms with E-state index in [0.717, 1.165) is 0 Å². The van der Waals surface area contributed by atoms with Crippen LogP contribution in [0.4, 0.5) is 0 Å². The Morgan fingerprint density at radius 1 is 0.889 bits per heavy atom. The zero-order valence-electron chi connectivity index (χ0n) is 6.86. The lowest BCUT2D eigenvalue weighted by molar-refractivity contribution is 1.35. The van der Waals surface area contributed by atoms with Crippen molar-refractivity contribution in [2.24, 2.45) is 0 Å². The highest BCUT2D eigenvalue weighted by Gasteiger charge is 2.24. The molecule has 0 atom stereocenters. The van der Waals surface area contributed by atoms with E-state index in [1.807, 2.05) is 0 Å². The second-order valence-electron chi connectivity index (χ2n) is 4.24. The predicted molar refractivity (Wildman–Crippen MR) is 47.9 cm³/mol. The second kappa shape index (κ2) is 1.94. The van der Waals surface area contributed by atoms with E-state index in [4.69, 9.17) is 4.65 Å². The quantitative estimate of drug-likeness (QED) is 0.481. The summed E-state index contributed by atoms with van der Waals surface area (Å²) in [5.74, 6) is 0. The largest absolute Gasteiger partial charge is 0.667 e. The van der Waals surface area contributed by atoms with Crippen LogP contribution in [0.3, 0.4) is 0 Å². The van der Waals surface area contributed by atoms with Crippen molar-refractivity contribution in [1.29, 1.82) is 0 Å². The summed E-state index contributed by atoms with van der Waals surface area (Å²) < 4.78 is 4.93. The summed E-state index contributed by atoms with van der Waals surface area (Å²) in [7, 11) is -1.98. The van der Waals surface area contributed by atoms with Crippen LogP contribution in [-0.2, 0) is 0 Å². The molecule has 0 radical (unpaired) electrons. The molecule has 3 heteroatoms. The third-order valence-corrected chi connectivity index (χ3v) is 10.2. The van der Waals surface area contributed by atoms with Crippen LogP contribution in [0.15, 0.2) is 0 Å². The second-order valence-corrected chi connectivity index (χ2v) is 13.4. The molecule has 0 amide bonds. The van der Waals surface area contributed by atoms with E-state index >= 15 is 0 Å². The van der Waals surface area contributed by atoms with E-state index in [0.29, 0.717) is 0 Å². The minimum Gasteiger partial charge on any atom is -0.667 e. The van der Waals surface area contributed by atoms with Gasteiger partial charge in [-0.05, 0) is 0 Å². The van der Waals surface area contributed by atoms with Crippen molar-refractivity contribution in [1.82, 2.24) is 0 Å². The van der Waals surface area contributed by atoms with Crippen molar-refractivity contribution in [2.45, 2.75) is 38.3 Å². The number of hydrogen-bond acceptors (Lipinski definition) is 0. The molecule has 1 rings (SSSR count). The van der Waals surface area contributed by atoms with Crippen molar-refractivity contribution >= 4 is 16.5 Å². The lowest BCUT2D eigenvalue weighted by Crippen LogP contribution is -2.26. The average Bonchev–Trinajstić information content (AvgIpc) is 1.78. The number of nitrogens with zero attached hydrogens (tertiary/aromatic N) is 1. The molecule has 1 nitrogen and oxygen atoms in total. The normalized spacial score (nSPS) is 30.7. The standard InChI is InChI=1S/C6H16NSi2/c1-8(2)5-6-9(3,4)7-8/h5-6H2,1-4H3/q-1. The van der Waals surface area contributed by atoms with Crippen LogP contribution in [-0.4, -0.2) is 16.5 Å². The fourth-order valence-electron chi connectivity index (χ4n) is 1.54. The zero-order chi connectivity index (χ0) is 7.12. The molecule has 9 heavy (non-hydrogen) atoms. The molecule has 1 aliphatic rings. The van der Waals surface area contributed by atoms with Gasteiger partial charge in [-0.3, -0.25) is 0 Å². The first-order chi connectivity index (χ1) is 3.91. The maximum atomic E-state index is 4.93. The Morgan fingerprint density at radius 3 is 1.33 bits per heavy atom. The molecular weight excluding hydrogens is 142 g/mol. The Morgan fingerprint density at radius 2 is 1.22 bits per heavy atom. The van der Waals surface area contributed by atoms with Gasteiger partial charge in [-0.25, -0.2) is 0 Å². The van der Waals surface area contributed by atoms with Crippen LogP contribution in [0.1, 0.15) is 0 Å². The molecule has 0 bridgehead atoms. The summed E-state index contributed by atoms with van der Waals surface area (Å²) >= 11 is 0. The third kappa shape index (κ3) is 1.91. The topological polar surface area (TPSA) is 14.1 Å². The zero-order valence-corrected chi connectivity index (χ0v) is 8.86. The Balaban J connectivity index is 2.58. The fraction of sp³-hybridized carbons (Fsp3) is 1.00. The van der Waals surface area contributed by atoms with Crippen LogP contribution in [0.5, 0.6) is 0 Å². The van der Waals surface area contributed by atoms with Gasteiger partial charge >= 0.3 is 0 Å². The van der Waals surface area contributed by atoms with Crippen molar-refractivity contribution in [3.8, 4) is 0 Å². The van der Waals surface area contributed by atoms with Gasteiger partial charge in [0, 0.05) is 0 Å². The monoisotopic (exact) mass is 158 g/mol. The number of hydrogen-bond donors (Lipinski definition) is 0. The summed E-state index contributed by atoms with van der Waals surface area (Å²) in [6, 6.07) is 2.90. The van der Waals surface area contributed by atoms with E-state index in [2.05, 4.69) is 26.2 Å². The maximum Gasteiger partial charge on any atom is -0.0658 e. The van der Waals surface area contributed by atoms with Gasteiger partial charge in [0.15, 0.2) is 0 Å². The van der Waals surface area contributed by atoms with Crippen molar-refractivity contribution in [3.05, 3.63) is 4.65 Å². The molecule has 0 aliphatic carbocycles. The molecule has 0 aromatic rings. The molecule has 54 valence electrons. The molecule has 0 spiro atoms. The third-order valence-electron chi connectivity index (χ3n) is 1.95. The average molecular weight is 158 g/mol. The van der Waals surface area contributed by atoms with Crippen molar-refractivity contribution in [2.75, 3.05) is 0 Å². The van der Waals surface area contributed by atoms with E-state index in [1.165, 1.54) is 12.1 Å². The van der Waals surface area contributed by atoms with E-state index in [1.54, 1.807) is 0 Å². The van der Waals surface area contributed by atoms with Crippen LogP contribution >= 0.6 is 0 Å². The molecule has 1 aliphatic heterocycles. The van der Waals surface area contributed by atoms with Gasteiger partial charge in [0.1, 0.15) is 0 Å². The summed E-state index contributed by atoms with van der Waals surface area (Å²) in [6.07, 6.45) is 0. The SMILES string of the molecule is C[Si]1(C)CC[Si](C)(C)[N-]1. The van der Waals surface area contributed by atoms with Crippen molar-refractivity contribution < 1.29 is 0 Å². The van der Waals surface area contributed by atoms with Gasteiger partial charge in [0.05, 0.1) is 0 Å². The minimum absolute atomic E-state index is 0.989. The Labute approximate surface area is 60.0 Å². The van der Waals surface area contributed by atoms with Crippen LogP contribution in [0, 0.1) is 0 Å². The fourth-order valence-corrected chi connectivity index (χ4v) is 13.9. The molecule has 0 aromatic heterocycles. The highest BCUT2D eigenvalue weighted by Crippen LogP contribution is 2.38. The molecule has 0 unspecified atom stereocenters. The van der Waals surface area contributed by atoms with Gasteiger partial charge in [0.2, 0.25) is 0 Å². The van der Waals surface area contributed by atoms with E-state index in [-0.39, 0.29) is 0 Å². The maximum absolute atomic E-state index is 4.93. The minimum atomic E-state index is -0.989. The Kier molecular flexibility index (Phi) is 1.61. The van der Waals surface area contributed by atoms with Gasteiger partial charge in [-0.15, -0.1) is 0 Å². The summed E-state index contributed by atoms with van der Waals surface area (Å²) in [4.78, 5) is 0. The Hall–Kier alpha value is 0.394. The first kappa shape index (κ1) is 7.50. The summed E-state index contributed by atoms with van der Waals surface area (Å²) in [5.41, 5.74) is 0. The Bertz CT molecular complexity index is 106. The van der Waals surface area contributed by atoms with E-state index < -0.39 is 16.5 Å². The number of rotatable bonds is 0. The van der Waals surface area contributed by atoms with Gasteiger partial charge in [-0.2, -0.15) is 0 Å². The highest BCUT2D eigenvalue weighted by molar-refractivity contribution is 7.06.